The number of halogens is 1. The van der Waals surface area contributed by atoms with Crippen LogP contribution < -0.4 is 10.1 Å². The number of thioether (sulfide) groups is 1. The second kappa shape index (κ2) is 9.68. The highest BCUT2D eigenvalue weighted by molar-refractivity contribution is 7.99. The molecule has 0 bridgehead atoms. The van der Waals surface area contributed by atoms with Crippen LogP contribution in [0.4, 0.5) is 4.39 Å². The maximum atomic E-state index is 13.7. The van der Waals surface area contributed by atoms with E-state index in [2.05, 4.69) is 5.32 Å². The lowest BCUT2D eigenvalue weighted by atomic mass is 10.2. The minimum Gasteiger partial charge on any atom is -0.497 e. The molecule has 0 aliphatic carbocycles. The topological polar surface area (TPSA) is 64.6 Å². The molecule has 0 unspecified atom stereocenters. The van der Waals surface area contributed by atoms with Gasteiger partial charge in [0.15, 0.2) is 6.61 Å². The number of amides is 1. The van der Waals surface area contributed by atoms with E-state index >= 15 is 0 Å². The largest absolute Gasteiger partial charge is 0.497 e. The van der Waals surface area contributed by atoms with Gasteiger partial charge in [0.1, 0.15) is 11.6 Å². The first-order chi connectivity index (χ1) is 12.1. The summed E-state index contributed by atoms with van der Waals surface area (Å²) in [5, 5.41) is 2.64. The van der Waals surface area contributed by atoms with E-state index < -0.39 is 24.3 Å². The molecule has 0 saturated heterocycles. The van der Waals surface area contributed by atoms with Crippen molar-refractivity contribution in [1.29, 1.82) is 0 Å². The fourth-order valence-electron chi connectivity index (χ4n) is 1.92. The minimum absolute atomic E-state index is 0.242. The second-order valence-electron chi connectivity index (χ2n) is 4.93. The van der Waals surface area contributed by atoms with Gasteiger partial charge in [-0.15, -0.1) is 11.8 Å². The molecule has 2 aromatic carbocycles. The molecule has 0 heterocycles. The molecule has 0 aliphatic heterocycles. The Morgan fingerprint density at radius 1 is 1.16 bits per heavy atom. The normalized spacial score (nSPS) is 10.2. The smallest absolute Gasteiger partial charge is 0.341 e. The van der Waals surface area contributed by atoms with E-state index in [1.807, 2.05) is 30.3 Å². The first-order valence-electron chi connectivity index (χ1n) is 7.55. The molecular formula is C18H18FNO4S. The summed E-state index contributed by atoms with van der Waals surface area (Å²) in [7, 11) is 1.40. The first kappa shape index (κ1) is 18.8. The zero-order chi connectivity index (χ0) is 18.1. The van der Waals surface area contributed by atoms with Crippen LogP contribution >= 0.6 is 11.8 Å². The Balaban J connectivity index is 1.70. The van der Waals surface area contributed by atoms with Crippen molar-refractivity contribution in [2.45, 2.75) is 4.90 Å². The van der Waals surface area contributed by atoms with Crippen LogP contribution in [0, 0.1) is 5.82 Å². The molecule has 1 amide bonds. The van der Waals surface area contributed by atoms with Crippen molar-refractivity contribution in [1.82, 2.24) is 5.32 Å². The lowest BCUT2D eigenvalue weighted by Crippen LogP contribution is -2.30. The Labute approximate surface area is 149 Å². The van der Waals surface area contributed by atoms with E-state index in [1.54, 1.807) is 11.8 Å². The van der Waals surface area contributed by atoms with Gasteiger partial charge in [-0.05, 0) is 24.3 Å². The average molecular weight is 363 g/mol. The highest BCUT2D eigenvalue weighted by atomic mass is 32.2. The molecule has 0 aromatic heterocycles. The van der Waals surface area contributed by atoms with Crippen LogP contribution in [-0.2, 0) is 9.53 Å². The predicted octanol–water partition coefficient (Wildman–Crippen LogP) is 2.90. The summed E-state index contributed by atoms with van der Waals surface area (Å²) in [5.74, 6) is -1.10. The summed E-state index contributed by atoms with van der Waals surface area (Å²) >= 11 is 1.61. The van der Waals surface area contributed by atoms with Crippen LogP contribution in [0.5, 0.6) is 5.75 Å². The maximum Gasteiger partial charge on any atom is 0.341 e. The number of carbonyl (C=O) groups is 2. The van der Waals surface area contributed by atoms with Crippen LogP contribution in [-0.4, -0.2) is 37.9 Å². The highest BCUT2D eigenvalue weighted by Gasteiger charge is 2.15. The Bertz CT molecular complexity index is 724. The fraction of sp³-hybridized carbons (Fsp3) is 0.222. The van der Waals surface area contributed by atoms with Gasteiger partial charge in [0.25, 0.3) is 5.91 Å². The third-order valence-corrected chi connectivity index (χ3v) is 4.18. The van der Waals surface area contributed by atoms with E-state index in [1.165, 1.54) is 19.2 Å². The van der Waals surface area contributed by atoms with Crippen molar-refractivity contribution in [2.24, 2.45) is 0 Å². The highest BCUT2D eigenvalue weighted by Crippen LogP contribution is 2.17. The van der Waals surface area contributed by atoms with Crippen LogP contribution in [0.15, 0.2) is 53.4 Å². The SMILES string of the molecule is COc1ccc(C(=O)OCC(=O)NCCSc2ccccc2)c(F)c1. The van der Waals surface area contributed by atoms with Crippen molar-refractivity contribution in [3.8, 4) is 5.75 Å². The summed E-state index contributed by atoms with van der Waals surface area (Å²) < 4.78 is 23.4. The predicted molar refractivity (Wildman–Crippen MR) is 93.4 cm³/mol. The van der Waals surface area contributed by atoms with Crippen LogP contribution in [0.2, 0.25) is 0 Å². The zero-order valence-electron chi connectivity index (χ0n) is 13.7. The Morgan fingerprint density at radius 2 is 1.92 bits per heavy atom. The number of hydrogen-bond acceptors (Lipinski definition) is 5. The Morgan fingerprint density at radius 3 is 2.60 bits per heavy atom. The molecule has 0 fully saturated rings. The first-order valence-corrected chi connectivity index (χ1v) is 8.54. The average Bonchev–Trinajstić information content (AvgIpc) is 2.64. The fourth-order valence-corrected chi connectivity index (χ4v) is 2.71. The van der Waals surface area contributed by atoms with Gasteiger partial charge in [-0.2, -0.15) is 0 Å². The van der Waals surface area contributed by atoms with Gasteiger partial charge in [-0.1, -0.05) is 18.2 Å². The molecule has 2 aromatic rings. The summed E-state index contributed by atoms with van der Waals surface area (Å²) in [6.07, 6.45) is 0. The van der Waals surface area contributed by atoms with Crippen molar-refractivity contribution >= 4 is 23.6 Å². The van der Waals surface area contributed by atoms with E-state index in [0.29, 0.717) is 18.0 Å². The molecule has 25 heavy (non-hydrogen) atoms. The number of benzene rings is 2. The number of esters is 1. The molecule has 2 rings (SSSR count). The number of ether oxygens (including phenoxy) is 2. The molecule has 5 nitrogen and oxygen atoms in total. The minimum atomic E-state index is -0.894. The van der Waals surface area contributed by atoms with Crippen molar-refractivity contribution in [2.75, 3.05) is 26.0 Å². The lowest BCUT2D eigenvalue weighted by molar-refractivity contribution is -0.124. The van der Waals surface area contributed by atoms with Crippen molar-refractivity contribution in [3.63, 3.8) is 0 Å². The Kier molecular flexibility index (Phi) is 7.28. The van der Waals surface area contributed by atoms with Crippen LogP contribution in [0.1, 0.15) is 10.4 Å². The van der Waals surface area contributed by atoms with Gasteiger partial charge < -0.3 is 14.8 Å². The van der Waals surface area contributed by atoms with E-state index in [9.17, 15) is 14.0 Å². The van der Waals surface area contributed by atoms with Gasteiger partial charge in [0.2, 0.25) is 0 Å². The van der Waals surface area contributed by atoms with Gasteiger partial charge >= 0.3 is 5.97 Å². The molecule has 1 N–H and O–H groups in total. The summed E-state index contributed by atoms with van der Waals surface area (Å²) in [4.78, 5) is 24.6. The Hall–Kier alpha value is -2.54. The van der Waals surface area contributed by atoms with Crippen molar-refractivity contribution < 1.29 is 23.5 Å². The molecule has 132 valence electrons. The van der Waals surface area contributed by atoms with Crippen LogP contribution in [0.3, 0.4) is 0 Å². The third kappa shape index (κ3) is 6.11. The number of methoxy groups -OCH3 is 1. The summed E-state index contributed by atoms with van der Waals surface area (Å²) in [5.41, 5.74) is -0.242. The monoisotopic (exact) mass is 363 g/mol. The van der Waals surface area contributed by atoms with Gasteiger partial charge in [-0.25, -0.2) is 9.18 Å². The lowest BCUT2D eigenvalue weighted by Gasteiger charge is -2.08. The number of nitrogens with one attached hydrogen (secondary N) is 1. The van der Waals surface area contributed by atoms with E-state index in [-0.39, 0.29) is 5.56 Å². The number of rotatable bonds is 8. The van der Waals surface area contributed by atoms with Crippen LogP contribution in [0.25, 0.3) is 0 Å². The molecule has 7 heteroatoms. The number of hydrogen-bond donors (Lipinski definition) is 1. The maximum absolute atomic E-state index is 13.7. The third-order valence-electron chi connectivity index (χ3n) is 3.17. The molecule has 0 saturated carbocycles. The number of carbonyl (C=O) groups excluding carboxylic acids is 2. The van der Waals surface area contributed by atoms with E-state index in [4.69, 9.17) is 9.47 Å². The molecule has 0 radical (unpaired) electrons. The molecular weight excluding hydrogens is 345 g/mol. The quantitative estimate of drug-likeness (QED) is 0.444. The van der Waals surface area contributed by atoms with Gasteiger partial charge in [-0.3, -0.25) is 4.79 Å². The summed E-state index contributed by atoms with van der Waals surface area (Å²) in [6, 6.07) is 13.6. The molecule has 0 atom stereocenters. The summed E-state index contributed by atoms with van der Waals surface area (Å²) in [6.45, 7) is -0.0207. The van der Waals surface area contributed by atoms with Crippen molar-refractivity contribution in [3.05, 3.63) is 59.9 Å². The molecule has 0 aliphatic rings. The van der Waals surface area contributed by atoms with E-state index in [0.717, 1.165) is 11.0 Å². The standard InChI is InChI=1S/C18H18FNO4S/c1-23-13-7-8-15(16(19)11-13)18(22)24-12-17(21)20-9-10-25-14-5-3-2-4-6-14/h2-8,11H,9-10,12H2,1H3,(H,20,21). The van der Waals surface area contributed by atoms with Gasteiger partial charge in [0, 0.05) is 23.3 Å². The zero-order valence-corrected chi connectivity index (χ0v) is 14.5. The second-order valence-corrected chi connectivity index (χ2v) is 6.10. The van der Waals surface area contributed by atoms with Gasteiger partial charge in [0.05, 0.1) is 12.7 Å². The molecule has 0 spiro atoms.